The number of piperidine rings is 1. The van der Waals surface area contributed by atoms with E-state index in [1.165, 1.54) is 19.3 Å². The number of hydrogen-bond acceptors (Lipinski definition) is 3. The smallest absolute Gasteiger partial charge is 0.225 e. The van der Waals surface area contributed by atoms with Gasteiger partial charge in [0.2, 0.25) is 11.8 Å². The van der Waals surface area contributed by atoms with E-state index >= 15 is 0 Å². The molecular weight excluding hydrogens is 386 g/mol. The van der Waals surface area contributed by atoms with Crippen LogP contribution in [0.4, 0.5) is 0 Å². The standard InChI is InChI=1S/C26H33N3O2/c27-25(31)26(18-22-9-4-5-10-23(22)21-11-14-28-15-12-21)13-6-16-29(19-26)24(30)17-20-7-2-1-3-8-20/h4-5,9-12,14-15,20H,1-3,6-8,13,16-19H2,(H2,27,31)/t26-/m0/s1. The molecule has 0 bridgehead atoms. The van der Waals surface area contributed by atoms with Crippen LogP contribution in [0.25, 0.3) is 11.1 Å². The van der Waals surface area contributed by atoms with E-state index < -0.39 is 5.41 Å². The Hall–Kier alpha value is -2.69. The Morgan fingerprint density at radius 3 is 2.52 bits per heavy atom. The molecule has 31 heavy (non-hydrogen) atoms. The summed E-state index contributed by atoms with van der Waals surface area (Å²) in [4.78, 5) is 31.9. The molecule has 1 aliphatic heterocycles. The van der Waals surface area contributed by atoms with Gasteiger partial charge in [-0.2, -0.15) is 0 Å². The summed E-state index contributed by atoms with van der Waals surface area (Å²) in [6.07, 6.45) is 12.3. The van der Waals surface area contributed by atoms with Crippen molar-refractivity contribution in [3.05, 3.63) is 54.4 Å². The summed E-state index contributed by atoms with van der Waals surface area (Å²) in [5.74, 6) is 0.394. The maximum Gasteiger partial charge on any atom is 0.225 e. The summed E-state index contributed by atoms with van der Waals surface area (Å²) >= 11 is 0. The van der Waals surface area contributed by atoms with Crippen LogP contribution < -0.4 is 5.73 Å². The van der Waals surface area contributed by atoms with Crippen molar-refractivity contribution in [2.75, 3.05) is 13.1 Å². The summed E-state index contributed by atoms with van der Waals surface area (Å²) in [6, 6.07) is 12.1. The summed E-state index contributed by atoms with van der Waals surface area (Å²) in [5.41, 5.74) is 8.54. The van der Waals surface area contributed by atoms with E-state index in [0.29, 0.717) is 25.3 Å². The number of aromatic nitrogens is 1. The van der Waals surface area contributed by atoms with Gasteiger partial charge in [-0.05, 0) is 66.8 Å². The fourth-order valence-electron chi connectivity index (χ4n) is 5.40. The van der Waals surface area contributed by atoms with Gasteiger partial charge in [-0.15, -0.1) is 0 Å². The minimum atomic E-state index is -0.719. The quantitative estimate of drug-likeness (QED) is 0.756. The van der Waals surface area contributed by atoms with Gasteiger partial charge in [0.05, 0.1) is 5.41 Å². The first-order chi connectivity index (χ1) is 15.1. The topological polar surface area (TPSA) is 76.3 Å². The van der Waals surface area contributed by atoms with E-state index in [2.05, 4.69) is 17.1 Å². The third kappa shape index (κ3) is 4.97. The van der Waals surface area contributed by atoms with Gasteiger partial charge in [-0.25, -0.2) is 0 Å². The molecule has 1 aromatic heterocycles. The normalized spacial score (nSPS) is 22.3. The van der Waals surface area contributed by atoms with E-state index in [1.54, 1.807) is 12.4 Å². The summed E-state index contributed by atoms with van der Waals surface area (Å²) < 4.78 is 0. The maximum atomic E-state index is 13.1. The minimum absolute atomic E-state index is 0.194. The minimum Gasteiger partial charge on any atom is -0.369 e. The van der Waals surface area contributed by atoms with Gasteiger partial charge in [-0.1, -0.05) is 43.5 Å². The third-order valence-corrected chi connectivity index (χ3v) is 7.18. The molecule has 1 aromatic carbocycles. The van der Waals surface area contributed by atoms with Crippen LogP contribution in [0.15, 0.2) is 48.8 Å². The number of pyridine rings is 1. The number of hydrogen-bond donors (Lipinski definition) is 1. The molecule has 2 N–H and O–H groups in total. The predicted molar refractivity (Wildman–Crippen MR) is 122 cm³/mol. The van der Waals surface area contributed by atoms with Crippen LogP contribution in [0, 0.1) is 11.3 Å². The first-order valence-electron chi connectivity index (χ1n) is 11.6. The van der Waals surface area contributed by atoms with Gasteiger partial charge in [-0.3, -0.25) is 14.6 Å². The number of carbonyl (C=O) groups excluding carboxylic acids is 2. The van der Waals surface area contributed by atoms with Crippen molar-refractivity contribution >= 4 is 11.8 Å². The van der Waals surface area contributed by atoms with Gasteiger partial charge in [0.1, 0.15) is 0 Å². The van der Waals surface area contributed by atoms with Gasteiger partial charge in [0.15, 0.2) is 0 Å². The van der Waals surface area contributed by atoms with E-state index in [1.807, 2.05) is 29.2 Å². The number of benzene rings is 1. The fourth-order valence-corrected chi connectivity index (χ4v) is 5.40. The molecule has 2 amide bonds. The molecule has 2 aliphatic rings. The van der Waals surface area contributed by atoms with E-state index in [0.717, 1.165) is 48.9 Å². The average molecular weight is 420 g/mol. The van der Waals surface area contributed by atoms with E-state index in [4.69, 9.17) is 5.73 Å². The number of carbonyl (C=O) groups is 2. The van der Waals surface area contributed by atoms with Crippen molar-refractivity contribution in [1.29, 1.82) is 0 Å². The fraction of sp³-hybridized carbons (Fsp3) is 0.500. The monoisotopic (exact) mass is 419 g/mol. The molecule has 0 unspecified atom stereocenters. The second kappa shape index (κ2) is 9.63. The second-order valence-corrected chi connectivity index (χ2v) is 9.34. The van der Waals surface area contributed by atoms with Crippen LogP contribution in [-0.2, 0) is 16.0 Å². The van der Waals surface area contributed by atoms with Crippen molar-refractivity contribution in [2.24, 2.45) is 17.1 Å². The maximum absolute atomic E-state index is 13.1. The number of nitrogens with zero attached hydrogens (tertiary/aromatic N) is 2. The SMILES string of the molecule is NC(=O)[C@]1(Cc2ccccc2-c2ccncc2)CCCN(C(=O)CC2CCCCC2)C1. The van der Waals surface area contributed by atoms with Crippen molar-refractivity contribution in [3.63, 3.8) is 0 Å². The van der Waals surface area contributed by atoms with Gasteiger partial charge in [0, 0.05) is 31.9 Å². The van der Waals surface area contributed by atoms with Crippen molar-refractivity contribution < 1.29 is 9.59 Å². The van der Waals surface area contributed by atoms with Gasteiger partial charge >= 0.3 is 0 Å². The molecule has 1 saturated carbocycles. The lowest BCUT2D eigenvalue weighted by molar-refractivity contribution is -0.140. The Morgan fingerprint density at radius 2 is 1.77 bits per heavy atom. The molecule has 5 heteroatoms. The molecule has 0 spiro atoms. The largest absolute Gasteiger partial charge is 0.369 e. The average Bonchev–Trinajstić information content (AvgIpc) is 2.81. The zero-order chi connectivity index (χ0) is 21.7. The Morgan fingerprint density at radius 1 is 1.03 bits per heavy atom. The molecule has 2 fully saturated rings. The molecule has 0 radical (unpaired) electrons. The molecule has 5 nitrogen and oxygen atoms in total. The Bertz CT molecular complexity index is 908. The van der Waals surface area contributed by atoms with Crippen molar-refractivity contribution in [2.45, 2.75) is 57.8 Å². The predicted octanol–water partition coefficient (Wildman–Crippen LogP) is 4.36. The molecule has 4 rings (SSSR count). The van der Waals surface area contributed by atoms with Crippen LogP contribution in [0.1, 0.15) is 56.9 Å². The van der Waals surface area contributed by atoms with Crippen LogP contribution >= 0.6 is 0 Å². The third-order valence-electron chi connectivity index (χ3n) is 7.18. The van der Waals surface area contributed by atoms with Crippen LogP contribution in [0.5, 0.6) is 0 Å². The van der Waals surface area contributed by atoms with Crippen molar-refractivity contribution in [3.8, 4) is 11.1 Å². The highest BCUT2D eigenvalue weighted by atomic mass is 16.2. The second-order valence-electron chi connectivity index (χ2n) is 9.34. The molecular formula is C26H33N3O2. The Kier molecular flexibility index (Phi) is 6.69. The van der Waals surface area contributed by atoms with Gasteiger partial charge in [0.25, 0.3) is 0 Å². The summed E-state index contributed by atoms with van der Waals surface area (Å²) in [6.45, 7) is 1.16. The van der Waals surface area contributed by atoms with Crippen LogP contribution in [0.3, 0.4) is 0 Å². The Balaban J connectivity index is 1.54. The van der Waals surface area contributed by atoms with Crippen molar-refractivity contribution in [1.82, 2.24) is 9.88 Å². The number of likely N-dealkylation sites (tertiary alicyclic amines) is 1. The lowest BCUT2D eigenvalue weighted by Crippen LogP contribution is -2.53. The zero-order valence-electron chi connectivity index (χ0n) is 18.3. The number of nitrogens with two attached hydrogens (primary N) is 1. The molecule has 2 heterocycles. The molecule has 2 aromatic rings. The molecule has 1 saturated heterocycles. The Labute approximate surface area is 185 Å². The van der Waals surface area contributed by atoms with Gasteiger partial charge < -0.3 is 10.6 Å². The van der Waals surface area contributed by atoms with Crippen LogP contribution in [0.2, 0.25) is 0 Å². The lowest BCUT2D eigenvalue weighted by atomic mass is 9.73. The molecule has 1 atom stereocenters. The lowest BCUT2D eigenvalue weighted by Gasteiger charge is -2.41. The molecule has 164 valence electrons. The number of rotatable bonds is 6. The number of amides is 2. The number of primary amides is 1. The summed E-state index contributed by atoms with van der Waals surface area (Å²) in [5, 5.41) is 0. The summed E-state index contributed by atoms with van der Waals surface area (Å²) in [7, 11) is 0. The highest BCUT2D eigenvalue weighted by Gasteiger charge is 2.42. The molecule has 1 aliphatic carbocycles. The zero-order valence-corrected chi connectivity index (χ0v) is 18.3. The first kappa shape index (κ1) is 21.5. The van der Waals surface area contributed by atoms with E-state index in [9.17, 15) is 9.59 Å². The first-order valence-corrected chi connectivity index (χ1v) is 11.6. The highest BCUT2D eigenvalue weighted by molar-refractivity contribution is 5.84. The van der Waals surface area contributed by atoms with Crippen LogP contribution in [-0.4, -0.2) is 34.8 Å². The highest BCUT2D eigenvalue weighted by Crippen LogP contribution is 2.37. The van der Waals surface area contributed by atoms with E-state index in [-0.39, 0.29) is 11.8 Å².